The normalized spacial score (nSPS) is 13.9. The van der Waals surface area contributed by atoms with E-state index >= 15 is 0 Å². The molecular weight excluding hydrogens is 244 g/mol. The number of carboxylic acids is 1. The van der Waals surface area contributed by atoms with Crippen LogP contribution < -0.4 is 11.1 Å². The first kappa shape index (κ1) is 15.2. The third-order valence-corrected chi connectivity index (χ3v) is 2.97. The molecule has 1 unspecified atom stereocenters. The zero-order valence-electron chi connectivity index (χ0n) is 11.2. The van der Waals surface area contributed by atoms with E-state index in [1.54, 1.807) is 24.3 Å². The minimum atomic E-state index is -0.938. The second-order valence-corrected chi connectivity index (χ2v) is 4.85. The summed E-state index contributed by atoms with van der Waals surface area (Å²) in [6.45, 7) is 3.73. The van der Waals surface area contributed by atoms with Crippen molar-refractivity contribution in [3.05, 3.63) is 35.9 Å². The van der Waals surface area contributed by atoms with Crippen LogP contribution in [0, 0.1) is 5.92 Å². The van der Waals surface area contributed by atoms with Gasteiger partial charge >= 0.3 is 5.97 Å². The fourth-order valence-corrected chi connectivity index (χ4v) is 1.73. The SMILES string of the molecule is CC(C)C(CC(=O)O)NC(=O)[C@@H](N)c1ccccc1. The van der Waals surface area contributed by atoms with E-state index in [-0.39, 0.29) is 18.2 Å². The van der Waals surface area contributed by atoms with Gasteiger partial charge in [-0.05, 0) is 11.5 Å². The molecule has 0 saturated heterocycles. The minimum Gasteiger partial charge on any atom is -0.481 e. The Balaban J connectivity index is 2.69. The molecule has 0 fully saturated rings. The first-order valence-corrected chi connectivity index (χ1v) is 6.24. The molecule has 0 aliphatic carbocycles. The Bertz CT molecular complexity index is 432. The Kier molecular flexibility index (Phi) is 5.51. The smallest absolute Gasteiger partial charge is 0.305 e. The van der Waals surface area contributed by atoms with Gasteiger partial charge in [0.1, 0.15) is 6.04 Å². The molecule has 2 atom stereocenters. The molecule has 104 valence electrons. The second-order valence-electron chi connectivity index (χ2n) is 4.85. The Morgan fingerprint density at radius 1 is 1.26 bits per heavy atom. The van der Waals surface area contributed by atoms with Gasteiger partial charge in [-0.15, -0.1) is 0 Å². The molecule has 0 radical (unpaired) electrons. The van der Waals surface area contributed by atoms with Gasteiger partial charge in [0.25, 0.3) is 0 Å². The average Bonchev–Trinajstić information content (AvgIpc) is 2.37. The molecule has 0 aliphatic rings. The van der Waals surface area contributed by atoms with Gasteiger partial charge in [0, 0.05) is 6.04 Å². The molecule has 1 aromatic carbocycles. The fraction of sp³-hybridized carbons (Fsp3) is 0.429. The monoisotopic (exact) mass is 264 g/mol. The summed E-state index contributed by atoms with van der Waals surface area (Å²) in [6, 6.07) is 7.79. The Morgan fingerprint density at radius 2 is 1.84 bits per heavy atom. The zero-order chi connectivity index (χ0) is 14.4. The summed E-state index contributed by atoms with van der Waals surface area (Å²) in [7, 11) is 0. The van der Waals surface area contributed by atoms with E-state index in [0.29, 0.717) is 5.56 Å². The summed E-state index contributed by atoms with van der Waals surface area (Å²) >= 11 is 0. The second kappa shape index (κ2) is 6.89. The number of hydrogen-bond donors (Lipinski definition) is 3. The van der Waals surface area contributed by atoms with E-state index in [4.69, 9.17) is 10.8 Å². The van der Waals surface area contributed by atoms with E-state index in [2.05, 4.69) is 5.32 Å². The summed E-state index contributed by atoms with van der Waals surface area (Å²) in [5.74, 6) is -1.26. The van der Waals surface area contributed by atoms with Gasteiger partial charge in [-0.3, -0.25) is 9.59 Å². The van der Waals surface area contributed by atoms with Gasteiger partial charge in [0.15, 0.2) is 0 Å². The lowest BCUT2D eigenvalue weighted by Gasteiger charge is -2.22. The van der Waals surface area contributed by atoms with Crippen molar-refractivity contribution < 1.29 is 14.7 Å². The summed E-state index contributed by atoms with van der Waals surface area (Å²) in [4.78, 5) is 22.8. The lowest BCUT2D eigenvalue weighted by molar-refractivity contribution is -0.138. The number of nitrogens with two attached hydrogens (primary N) is 1. The molecule has 5 heteroatoms. The topological polar surface area (TPSA) is 92.4 Å². The van der Waals surface area contributed by atoms with Crippen molar-refractivity contribution in [2.24, 2.45) is 11.7 Å². The Labute approximate surface area is 112 Å². The van der Waals surface area contributed by atoms with Gasteiger partial charge in [-0.1, -0.05) is 44.2 Å². The average molecular weight is 264 g/mol. The number of carboxylic acid groups (broad SMARTS) is 1. The van der Waals surface area contributed by atoms with Crippen LogP contribution in [0.4, 0.5) is 0 Å². The standard InChI is InChI=1S/C14H20N2O3/c1-9(2)11(8-12(17)18)16-14(19)13(15)10-6-4-3-5-7-10/h3-7,9,11,13H,8,15H2,1-2H3,(H,16,19)(H,17,18)/t11?,13-/m0/s1. The van der Waals surface area contributed by atoms with Crippen LogP contribution in [0.3, 0.4) is 0 Å². The molecule has 5 nitrogen and oxygen atoms in total. The molecule has 0 aromatic heterocycles. The quantitative estimate of drug-likeness (QED) is 0.722. The zero-order valence-corrected chi connectivity index (χ0v) is 11.2. The highest BCUT2D eigenvalue weighted by Crippen LogP contribution is 2.12. The minimum absolute atomic E-state index is 0.0306. The fourth-order valence-electron chi connectivity index (χ4n) is 1.73. The molecule has 1 amide bonds. The third-order valence-electron chi connectivity index (χ3n) is 2.97. The molecule has 1 rings (SSSR count). The van der Waals surface area contributed by atoms with Crippen LogP contribution in [0.2, 0.25) is 0 Å². The number of aliphatic carboxylic acids is 1. The molecule has 0 aliphatic heterocycles. The molecule has 0 heterocycles. The molecule has 0 spiro atoms. The van der Waals surface area contributed by atoms with E-state index < -0.39 is 18.1 Å². The number of carbonyl (C=O) groups excluding carboxylic acids is 1. The summed E-state index contributed by atoms with van der Waals surface area (Å²) in [5.41, 5.74) is 6.56. The van der Waals surface area contributed by atoms with Gasteiger partial charge in [-0.2, -0.15) is 0 Å². The van der Waals surface area contributed by atoms with Gasteiger partial charge in [0.05, 0.1) is 6.42 Å². The summed E-state index contributed by atoms with van der Waals surface area (Å²) in [5, 5.41) is 11.5. The van der Waals surface area contributed by atoms with E-state index in [1.165, 1.54) is 0 Å². The van der Waals surface area contributed by atoms with Gasteiger partial charge in [0.2, 0.25) is 5.91 Å². The van der Waals surface area contributed by atoms with E-state index in [1.807, 2.05) is 19.9 Å². The van der Waals surface area contributed by atoms with Crippen molar-refractivity contribution in [2.45, 2.75) is 32.4 Å². The third kappa shape index (κ3) is 4.71. The van der Waals surface area contributed by atoms with Crippen molar-refractivity contribution in [1.82, 2.24) is 5.32 Å². The van der Waals surface area contributed by atoms with Crippen LogP contribution in [0.5, 0.6) is 0 Å². The number of hydrogen-bond acceptors (Lipinski definition) is 3. The molecule has 19 heavy (non-hydrogen) atoms. The number of nitrogens with one attached hydrogen (secondary N) is 1. The highest BCUT2D eigenvalue weighted by atomic mass is 16.4. The van der Waals surface area contributed by atoms with Crippen LogP contribution >= 0.6 is 0 Å². The van der Waals surface area contributed by atoms with Crippen LogP contribution in [-0.2, 0) is 9.59 Å². The maximum absolute atomic E-state index is 12.0. The van der Waals surface area contributed by atoms with Crippen LogP contribution in [0.15, 0.2) is 30.3 Å². The highest BCUT2D eigenvalue weighted by Gasteiger charge is 2.23. The molecule has 0 saturated carbocycles. The number of rotatable bonds is 6. The van der Waals surface area contributed by atoms with Gasteiger partial charge in [-0.25, -0.2) is 0 Å². The first-order valence-electron chi connectivity index (χ1n) is 6.24. The first-order chi connectivity index (χ1) is 8.91. The van der Waals surface area contributed by atoms with Crippen molar-refractivity contribution in [3.8, 4) is 0 Å². The molecule has 1 aromatic rings. The van der Waals surface area contributed by atoms with Crippen molar-refractivity contribution in [3.63, 3.8) is 0 Å². The van der Waals surface area contributed by atoms with Crippen LogP contribution in [0.1, 0.15) is 31.9 Å². The Morgan fingerprint density at radius 3 is 2.32 bits per heavy atom. The van der Waals surface area contributed by atoms with Crippen LogP contribution in [-0.4, -0.2) is 23.0 Å². The number of amides is 1. The lowest BCUT2D eigenvalue weighted by atomic mass is 9.99. The predicted octanol–water partition coefficient (Wildman–Crippen LogP) is 1.30. The maximum Gasteiger partial charge on any atom is 0.305 e. The van der Waals surface area contributed by atoms with E-state index in [0.717, 1.165) is 0 Å². The summed E-state index contributed by atoms with van der Waals surface area (Å²) < 4.78 is 0. The lowest BCUT2D eigenvalue weighted by Crippen LogP contribution is -2.44. The predicted molar refractivity (Wildman–Crippen MR) is 72.4 cm³/mol. The van der Waals surface area contributed by atoms with Crippen molar-refractivity contribution >= 4 is 11.9 Å². The van der Waals surface area contributed by atoms with Crippen molar-refractivity contribution in [1.29, 1.82) is 0 Å². The molecule has 0 bridgehead atoms. The maximum atomic E-state index is 12.0. The number of carbonyl (C=O) groups is 2. The number of benzene rings is 1. The summed E-state index contributed by atoms with van der Waals surface area (Å²) in [6.07, 6.45) is -0.106. The van der Waals surface area contributed by atoms with Crippen molar-refractivity contribution in [2.75, 3.05) is 0 Å². The Hall–Kier alpha value is -1.88. The van der Waals surface area contributed by atoms with E-state index in [9.17, 15) is 9.59 Å². The molecular formula is C14H20N2O3. The highest BCUT2D eigenvalue weighted by molar-refractivity contribution is 5.83. The largest absolute Gasteiger partial charge is 0.481 e. The van der Waals surface area contributed by atoms with Gasteiger partial charge < -0.3 is 16.2 Å². The van der Waals surface area contributed by atoms with Crippen LogP contribution in [0.25, 0.3) is 0 Å². The molecule has 4 N–H and O–H groups in total.